The molecule has 3 heteroatoms. The summed E-state index contributed by atoms with van der Waals surface area (Å²) in [6.45, 7) is 5.15. The SMILES string of the molecule is CC1CNC(CC#N)CN1Cc1ccccc1. The third-order valence-corrected chi connectivity index (χ3v) is 3.35. The van der Waals surface area contributed by atoms with E-state index >= 15 is 0 Å². The Morgan fingerprint density at radius 2 is 2.18 bits per heavy atom. The molecule has 1 heterocycles. The highest BCUT2D eigenvalue weighted by Gasteiger charge is 2.24. The Morgan fingerprint density at radius 3 is 2.88 bits per heavy atom. The van der Waals surface area contributed by atoms with Crippen LogP contribution in [-0.2, 0) is 6.54 Å². The van der Waals surface area contributed by atoms with Gasteiger partial charge in [-0.1, -0.05) is 30.3 Å². The monoisotopic (exact) mass is 229 g/mol. The van der Waals surface area contributed by atoms with E-state index in [2.05, 4.69) is 47.5 Å². The maximum absolute atomic E-state index is 8.75. The van der Waals surface area contributed by atoms with Crippen LogP contribution in [0, 0.1) is 11.3 Å². The van der Waals surface area contributed by atoms with Crippen LogP contribution >= 0.6 is 0 Å². The van der Waals surface area contributed by atoms with Crippen molar-refractivity contribution in [3.8, 4) is 6.07 Å². The number of nitrogens with zero attached hydrogens (tertiary/aromatic N) is 2. The van der Waals surface area contributed by atoms with Gasteiger partial charge in [0.2, 0.25) is 0 Å². The second kappa shape index (κ2) is 5.81. The van der Waals surface area contributed by atoms with Crippen LogP contribution in [0.15, 0.2) is 30.3 Å². The summed E-state index contributed by atoms with van der Waals surface area (Å²) in [5, 5.41) is 12.2. The van der Waals surface area contributed by atoms with Crippen molar-refractivity contribution in [3.05, 3.63) is 35.9 Å². The zero-order valence-corrected chi connectivity index (χ0v) is 10.3. The molecular formula is C14H19N3. The number of hydrogen-bond donors (Lipinski definition) is 1. The Balaban J connectivity index is 1.96. The molecule has 0 amide bonds. The van der Waals surface area contributed by atoms with E-state index in [-0.39, 0.29) is 0 Å². The number of hydrogen-bond acceptors (Lipinski definition) is 3. The van der Waals surface area contributed by atoms with Gasteiger partial charge in [-0.2, -0.15) is 5.26 Å². The second-order valence-electron chi connectivity index (χ2n) is 4.73. The third-order valence-electron chi connectivity index (χ3n) is 3.35. The van der Waals surface area contributed by atoms with Gasteiger partial charge in [-0.25, -0.2) is 0 Å². The topological polar surface area (TPSA) is 39.1 Å². The minimum absolute atomic E-state index is 0.319. The van der Waals surface area contributed by atoms with E-state index in [4.69, 9.17) is 5.26 Å². The van der Waals surface area contributed by atoms with Gasteiger partial charge >= 0.3 is 0 Å². The highest BCUT2D eigenvalue weighted by atomic mass is 15.2. The minimum Gasteiger partial charge on any atom is -0.310 e. The van der Waals surface area contributed by atoms with Crippen LogP contribution in [0.5, 0.6) is 0 Å². The first-order valence-electron chi connectivity index (χ1n) is 6.18. The minimum atomic E-state index is 0.319. The van der Waals surface area contributed by atoms with Gasteiger partial charge in [-0.15, -0.1) is 0 Å². The second-order valence-corrected chi connectivity index (χ2v) is 4.73. The Labute approximate surface area is 103 Å². The Kier molecular flexibility index (Phi) is 4.13. The van der Waals surface area contributed by atoms with Crippen LogP contribution in [0.1, 0.15) is 18.9 Å². The van der Waals surface area contributed by atoms with E-state index < -0.39 is 0 Å². The first-order valence-corrected chi connectivity index (χ1v) is 6.18. The number of nitriles is 1. The van der Waals surface area contributed by atoms with Crippen LogP contribution < -0.4 is 5.32 Å². The zero-order valence-electron chi connectivity index (χ0n) is 10.3. The average Bonchev–Trinajstić information content (AvgIpc) is 2.35. The summed E-state index contributed by atoms with van der Waals surface area (Å²) in [5.41, 5.74) is 1.34. The van der Waals surface area contributed by atoms with Gasteiger partial charge < -0.3 is 5.32 Å². The highest BCUT2D eigenvalue weighted by Crippen LogP contribution is 2.13. The molecule has 17 heavy (non-hydrogen) atoms. The molecule has 1 saturated heterocycles. The summed E-state index contributed by atoms with van der Waals surface area (Å²) in [5.74, 6) is 0. The molecule has 0 radical (unpaired) electrons. The Morgan fingerprint density at radius 1 is 1.41 bits per heavy atom. The van der Waals surface area contributed by atoms with E-state index in [9.17, 15) is 0 Å². The molecule has 0 saturated carbocycles. The van der Waals surface area contributed by atoms with Gasteiger partial charge in [0.1, 0.15) is 0 Å². The lowest BCUT2D eigenvalue weighted by molar-refractivity contribution is 0.134. The normalized spacial score (nSPS) is 25.4. The average molecular weight is 229 g/mol. The van der Waals surface area contributed by atoms with Crippen LogP contribution in [0.3, 0.4) is 0 Å². The lowest BCUT2D eigenvalue weighted by Gasteiger charge is -2.38. The van der Waals surface area contributed by atoms with Gasteiger partial charge in [0, 0.05) is 31.7 Å². The van der Waals surface area contributed by atoms with Gasteiger partial charge in [0.15, 0.2) is 0 Å². The molecule has 2 unspecified atom stereocenters. The van der Waals surface area contributed by atoms with Crippen molar-refractivity contribution in [1.29, 1.82) is 5.26 Å². The van der Waals surface area contributed by atoms with Crippen molar-refractivity contribution < 1.29 is 0 Å². The summed E-state index contributed by atoms with van der Waals surface area (Å²) in [6, 6.07) is 13.6. The van der Waals surface area contributed by atoms with Crippen LogP contribution in [0.2, 0.25) is 0 Å². The lowest BCUT2D eigenvalue weighted by atomic mass is 10.1. The Bertz CT molecular complexity index is 382. The number of benzene rings is 1. The maximum atomic E-state index is 8.75. The fraction of sp³-hybridized carbons (Fsp3) is 0.500. The van der Waals surface area contributed by atoms with Gasteiger partial charge in [-0.05, 0) is 12.5 Å². The zero-order chi connectivity index (χ0) is 12.1. The van der Waals surface area contributed by atoms with E-state index in [0.29, 0.717) is 18.5 Å². The van der Waals surface area contributed by atoms with Gasteiger partial charge in [0.25, 0.3) is 0 Å². The maximum Gasteiger partial charge on any atom is 0.0638 e. The van der Waals surface area contributed by atoms with Crippen molar-refractivity contribution in [2.45, 2.75) is 32.0 Å². The standard InChI is InChI=1S/C14H19N3/c1-12-9-16-14(7-8-15)11-17(12)10-13-5-3-2-4-6-13/h2-6,12,14,16H,7,9-11H2,1H3. The van der Waals surface area contributed by atoms with Crippen molar-refractivity contribution in [2.75, 3.05) is 13.1 Å². The largest absolute Gasteiger partial charge is 0.310 e. The molecule has 0 bridgehead atoms. The van der Waals surface area contributed by atoms with Crippen molar-refractivity contribution >= 4 is 0 Å². The predicted molar refractivity (Wildman–Crippen MR) is 68.3 cm³/mol. The quantitative estimate of drug-likeness (QED) is 0.858. The van der Waals surface area contributed by atoms with Crippen LogP contribution in [0.25, 0.3) is 0 Å². The van der Waals surface area contributed by atoms with E-state index in [0.717, 1.165) is 19.6 Å². The molecule has 1 aromatic rings. The molecule has 1 aliphatic heterocycles. The van der Waals surface area contributed by atoms with Gasteiger partial charge in [0.05, 0.1) is 12.5 Å². The van der Waals surface area contributed by atoms with E-state index in [1.807, 2.05) is 6.07 Å². The van der Waals surface area contributed by atoms with E-state index in [1.54, 1.807) is 0 Å². The van der Waals surface area contributed by atoms with Crippen LogP contribution in [0.4, 0.5) is 0 Å². The predicted octanol–water partition coefficient (Wildman–Crippen LogP) is 1.76. The molecule has 3 nitrogen and oxygen atoms in total. The fourth-order valence-electron chi connectivity index (χ4n) is 2.28. The molecule has 1 N–H and O–H groups in total. The first-order chi connectivity index (χ1) is 8.29. The smallest absolute Gasteiger partial charge is 0.0638 e. The third kappa shape index (κ3) is 3.29. The molecule has 1 aliphatic rings. The lowest BCUT2D eigenvalue weighted by Crippen LogP contribution is -2.54. The molecule has 0 spiro atoms. The number of nitrogens with one attached hydrogen (secondary N) is 1. The van der Waals surface area contributed by atoms with Crippen molar-refractivity contribution in [1.82, 2.24) is 10.2 Å². The molecule has 0 aliphatic carbocycles. The summed E-state index contributed by atoms with van der Waals surface area (Å²) in [6.07, 6.45) is 0.595. The summed E-state index contributed by atoms with van der Waals surface area (Å²) in [4.78, 5) is 2.45. The highest BCUT2D eigenvalue weighted by molar-refractivity contribution is 5.14. The Hall–Kier alpha value is -1.37. The molecule has 1 fully saturated rings. The van der Waals surface area contributed by atoms with E-state index in [1.165, 1.54) is 5.56 Å². The summed E-state index contributed by atoms with van der Waals surface area (Å²) in [7, 11) is 0. The molecule has 90 valence electrons. The molecule has 1 aromatic carbocycles. The fourth-order valence-corrected chi connectivity index (χ4v) is 2.28. The van der Waals surface area contributed by atoms with Crippen molar-refractivity contribution in [3.63, 3.8) is 0 Å². The number of rotatable bonds is 3. The molecule has 2 atom stereocenters. The molecular weight excluding hydrogens is 210 g/mol. The summed E-state index contributed by atoms with van der Waals surface area (Å²) >= 11 is 0. The van der Waals surface area contributed by atoms with Crippen LogP contribution in [-0.4, -0.2) is 30.1 Å². The molecule has 0 aromatic heterocycles. The molecule has 2 rings (SSSR count). The van der Waals surface area contributed by atoms with Gasteiger partial charge in [-0.3, -0.25) is 4.90 Å². The number of piperazine rings is 1. The summed E-state index contributed by atoms with van der Waals surface area (Å²) < 4.78 is 0. The van der Waals surface area contributed by atoms with Crippen molar-refractivity contribution in [2.24, 2.45) is 0 Å². The first kappa shape index (κ1) is 12.1.